The lowest BCUT2D eigenvalue weighted by molar-refractivity contribution is -0.127. The predicted molar refractivity (Wildman–Crippen MR) is 126 cm³/mol. The van der Waals surface area contributed by atoms with Crippen LogP contribution in [0, 0.1) is 18.6 Å². The molecule has 0 aliphatic carbocycles. The molecule has 1 aromatic carbocycles. The average molecular weight is 436 g/mol. The number of hydrogen-bond acceptors (Lipinski definition) is 3. The average Bonchev–Trinajstić information content (AvgIpc) is 3.30. The summed E-state index contributed by atoms with van der Waals surface area (Å²) in [5.74, 6) is 1.42. The summed E-state index contributed by atoms with van der Waals surface area (Å²) in [6, 6.07) is 12.4. The topological polar surface area (TPSA) is 58.9 Å². The van der Waals surface area contributed by atoms with Crippen LogP contribution in [0.4, 0.5) is 0 Å². The van der Waals surface area contributed by atoms with E-state index in [9.17, 15) is 4.79 Å². The minimum atomic E-state index is 0.0670. The number of rotatable bonds is 5. The Morgan fingerprint density at radius 1 is 1.23 bits per heavy atom. The predicted octanol–water partition coefficient (Wildman–Crippen LogP) is 4.79. The number of likely N-dealkylation sites (tertiary alicyclic amines) is 1. The Balaban J connectivity index is 1.42. The van der Waals surface area contributed by atoms with Crippen LogP contribution >= 0.6 is 12.2 Å². The van der Waals surface area contributed by atoms with Gasteiger partial charge >= 0.3 is 0 Å². The van der Waals surface area contributed by atoms with E-state index >= 15 is 0 Å². The number of carbonyl (C=O) groups is 1. The first kappa shape index (κ1) is 21.3. The van der Waals surface area contributed by atoms with Gasteiger partial charge in [0.15, 0.2) is 4.77 Å². The molecule has 0 unspecified atom stereocenters. The first-order chi connectivity index (χ1) is 15.0. The number of aryl methyl sites for hydroxylation is 1. The van der Waals surface area contributed by atoms with E-state index in [0.717, 1.165) is 60.9 Å². The maximum atomic E-state index is 12.8. The van der Waals surface area contributed by atoms with Crippen LogP contribution in [0.15, 0.2) is 42.5 Å². The van der Waals surface area contributed by atoms with Crippen molar-refractivity contribution in [2.24, 2.45) is 0 Å². The number of carbonyl (C=O) groups excluding carboxylic acids is 1. The van der Waals surface area contributed by atoms with Crippen molar-refractivity contribution >= 4 is 24.2 Å². The molecule has 7 heteroatoms. The van der Waals surface area contributed by atoms with Crippen molar-refractivity contribution < 1.29 is 4.79 Å². The summed E-state index contributed by atoms with van der Waals surface area (Å²) in [6.07, 6.45) is 5.46. The van der Waals surface area contributed by atoms with Crippen LogP contribution in [0.3, 0.4) is 0 Å². The number of nitrogens with zero attached hydrogens (tertiary/aromatic N) is 4. The second kappa shape index (κ2) is 9.06. The van der Waals surface area contributed by atoms with Gasteiger partial charge in [-0.15, -0.1) is 0 Å². The van der Waals surface area contributed by atoms with Crippen LogP contribution in [0.25, 0.3) is 11.8 Å². The molecule has 1 amide bonds. The molecule has 0 radical (unpaired) electrons. The van der Waals surface area contributed by atoms with Crippen molar-refractivity contribution in [1.29, 1.82) is 0 Å². The van der Waals surface area contributed by atoms with Crippen LogP contribution in [0.1, 0.15) is 48.5 Å². The Morgan fingerprint density at radius 3 is 2.61 bits per heavy atom. The number of benzene rings is 1. The summed E-state index contributed by atoms with van der Waals surface area (Å²) >= 11 is 5.31. The van der Waals surface area contributed by atoms with Gasteiger partial charge in [0.25, 0.3) is 0 Å². The molecule has 162 valence electrons. The molecule has 6 nitrogen and oxygen atoms in total. The largest absolute Gasteiger partial charge is 0.339 e. The van der Waals surface area contributed by atoms with Gasteiger partial charge in [0.2, 0.25) is 5.91 Å². The van der Waals surface area contributed by atoms with Crippen LogP contribution in [0.2, 0.25) is 0 Å². The lowest BCUT2D eigenvalue weighted by Crippen LogP contribution is -2.37. The molecule has 31 heavy (non-hydrogen) atoms. The number of aromatic amines is 1. The minimum Gasteiger partial charge on any atom is -0.339 e. The third-order valence-electron chi connectivity index (χ3n) is 6.17. The van der Waals surface area contributed by atoms with E-state index in [-0.39, 0.29) is 5.91 Å². The standard InChI is InChI=1S/C24H29N5OS/c1-4-28-23(25-26-24(28)31)19-12-14-27(15-13-19)22(30)11-10-20-16-17(2)29(18(20)3)21-8-6-5-7-9-21/h5-11,16,19H,4,12-15H2,1-3H3,(H,26,31). The number of amides is 1. The Morgan fingerprint density at radius 2 is 1.94 bits per heavy atom. The SMILES string of the molecule is CCn1c(C2CCN(C(=O)C=Cc3cc(C)n(-c4ccccc4)c3C)CC2)n[nH]c1=S. The highest BCUT2D eigenvalue weighted by Gasteiger charge is 2.26. The van der Waals surface area contributed by atoms with Gasteiger partial charge in [0.05, 0.1) is 0 Å². The summed E-state index contributed by atoms with van der Waals surface area (Å²) < 4.78 is 4.95. The molecule has 0 bridgehead atoms. The fourth-order valence-corrected chi connectivity index (χ4v) is 4.77. The van der Waals surface area contributed by atoms with Crippen molar-refractivity contribution in [2.75, 3.05) is 13.1 Å². The Bertz CT molecular complexity index is 1150. The fourth-order valence-electron chi connectivity index (χ4n) is 4.50. The third-order valence-corrected chi connectivity index (χ3v) is 6.48. The molecule has 2 aromatic heterocycles. The van der Waals surface area contributed by atoms with Gasteiger partial charge in [-0.2, -0.15) is 5.10 Å². The molecular weight excluding hydrogens is 406 g/mol. The summed E-state index contributed by atoms with van der Waals surface area (Å²) in [7, 11) is 0. The van der Waals surface area contributed by atoms with Gasteiger partial charge in [0, 0.05) is 48.7 Å². The molecule has 1 aliphatic rings. The molecular formula is C24H29N5OS. The van der Waals surface area contributed by atoms with Crippen molar-refractivity contribution in [3.63, 3.8) is 0 Å². The van der Waals surface area contributed by atoms with Crippen molar-refractivity contribution in [3.8, 4) is 5.69 Å². The van der Waals surface area contributed by atoms with Gasteiger partial charge in [0.1, 0.15) is 5.82 Å². The van der Waals surface area contributed by atoms with Crippen molar-refractivity contribution in [1.82, 2.24) is 24.2 Å². The molecule has 1 N–H and O–H groups in total. The summed E-state index contributed by atoms with van der Waals surface area (Å²) in [4.78, 5) is 14.7. The number of hydrogen-bond donors (Lipinski definition) is 1. The Kier molecular flexibility index (Phi) is 6.23. The quantitative estimate of drug-likeness (QED) is 0.463. The van der Waals surface area contributed by atoms with Crippen LogP contribution in [-0.4, -0.2) is 43.2 Å². The zero-order valence-electron chi connectivity index (χ0n) is 18.3. The highest BCUT2D eigenvalue weighted by atomic mass is 32.1. The van der Waals surface area contributed by atoms with E-state index in [1.807, 2.05) is 29.2 Å². The smallest absolute Gasteiger partial charge is 0.246 e. The van der Waals surface area contributed by atoms with Crippen molar-refractivity contribution in [3.05, 3.63) is 70.0 Å². The number of piperidine rings is 1. The van der Waals surface area contributed by atoms with E-state index in [1.54, 1.807) is 6.08 Å². The van der Waals surface area contributed by atoms with Crippen LogP contribution in [-0.2, 0) is 11.3 Å². The molecule has 1 saturated heterocycles. The van der Waals surface area contributed by atoms with E-state index in [0.29, 0.717) is 10.7 Å². The molecule has 1 aliphatic heterocycles. The molecule has 0 saturated carbocycles. The lowest BCUT2D eigenvalue weighted by atomic mass is 9.96. The fraction of sp³-hybridized carbons (Fsp3) is 0.375. The minimum absolute atomic E-state index is 0.0670. The molecule has 3 aromatic rings. The number of nitrogens with one attached hydrogen (secondary N) is 1. The van der Waals surface area contributed by atoms with Gasteiger partial charge in [-0.1, -0.05) is 18.2 Å². The lowest BCUT2D eigenvalue weighted by Gasteiger charge is -2.31. The zero-order chi connectivity index (χ0) is 22.0. The van der Waals surface area contributed by atoms with E-state index in [1.165, 1.54) is 0 Å². The van der Waals surface area contributed by atoms with E-state index in [4.69, 9.17) is 12.2 Å². The first-order valence-corrected chi connectivity index (χ1v) is 11.3. The highest BCUT2D eigenvalue weighted by molar-refractivity contribution is 7.71. The molecule has 3 heterocycles. The monoisotopic (exact) mass is 435 g/mol. The number of H-pyrrole nitrogens is 1. The summed E-state index contributed by atoms with van der Waals surface area (Å²) in [5.41, 5.74) is 4.49. The Labute approximate surface area is 188 Å². The van der Waals surface area contributed by atoms with Crippen LogP contribution in [0.5, 0.6) is 0 Å². The van der Waals surface area contributed by atoms with E-state index < -0.39 is 0 Å². The van der Waals surface area contributed by atoms with Gasteiger partial charge in [-0.3, -0.25) is 9.89 Å². The summed E-state index contributed by atoms with van der Waals surface area (Å²) in [5, 5.41) is 7.33. The third kappa shape index (κ3) is 4.28. The Hall–Kier alpha value is -2.93. The highest BCUT2D eigenvalue weighted by Crippen LogP contribution is 2.27. The molecule has 0 spiro atoms. The number of para-hydroxylation sites is 1. The normalized spacial score (nSPS) is 15.1. The summed E-state index contributed by atoms with van der Waals surface area (Å²) in [6.45, 7) is 8.55. The van der Waals surface area contributed by atoms with Gasteiger partial charge in [-0.05, 0) is 75.7 Å². The van der Waals surface area contributed by atoms with Crippen molar-refractivity contribution in [2.45, 2.75) is 46.1 Å². The molecule has 1 fully saturated rings. The van der Waals surface area contributed by atoms with Gasteiger partial charge in [-0.25, -0.2) is 0 Å². The van der Waals surface area contributed by atoms with Gasteiger partial charge < -0.3 is 14.0 Å². The maximum Gasteiger partial charge on any atom is 0.246 e. The molecule has 0 atom stereocenters. The zero-order valence-corrected chi connectivity index (χ0v) is 19.2. The molecule has 4 rings (SSSR count). The second-order valence-electron chi connectivity index (χ2n) is 8.06. The second-order valence-corrected chi connectivity index (χ2v) is 8.45. The van der Waals surface area contributed by atoms with Crippen LogP contribution < -0.4 is 0 Å². The number of aromatic nitrogens is 4. The van der Waals surface area contributed by atoms with E-state index in [2.05, 4.69) is 58.3 Å². The maximum absolute atomic E-state index is 12.8. The first-order valence-electron chi connectivity index (χ1n) is 10.9.